The van der Waals surface area contributed by atoms with E-state index < -0.39 is 11.6 Å². The second-order valence-corrected chi connectivity index (χ2v) is 5.04. The molecule has 0 aliphatic carbocycles. The molecule has 0 spiro atoms. The third-order valence-corrected chi connectivity index (χ3v) is 2.43. The molecule has 6 heteroatoms. The molecule has 0 bridgehead atoms. The molecule has 0 aromatic heterocycles. The van der Waals surface area contributed by atoms with Gasteiger partial charge in [-0.15, -0.1) is 0 Å². The molecule has 1 atom stereocenters. The van der Waals surface area contributed by atoms with Crippen LogP contribution in [-0.2, 0) is 0 Å². The maximum absolute atomic E-state index is 13.3. The predicted octanol–water partition coefficient (Wildman–Crippen LogP) is 2.69. The van der Waals surface area contributed by atoms with Crippen molar-refractivity contribution in [1.82, 2.24) is 10.6 Å². The Hall–Kier alpha value is -1.85. The van der Waals surface area contributed by atoms with Crippen LogP contribution in [0, 0.1) is 17.6 Å². The smallest absolute Gasteiger partial charge is 0.315 e. The third-order valence-electron chi connectivity index (χ3n) is 2.43. The zero-order valence-electron chi connectivity index (χ0n) is 11.9. The Bertz CT molecular complexity index is 453. The van der Waals surface area contributed by atoms with E-state index >= 15 is 0 Å². The van der Waals surface area contributed by atoms with E-state index in [1.54, 1.807) is 6.92 Å². The van der Waals surface area contributed by atoms with E-state index in [0.29, 0.717) is 12.5 Å². The van der Waals surface area contributed by atoms with Crippen molar-refractivity contribution < 1.29 is 18.3 Å². The summed E-state index contributed by atoms with van der Waals surface area (Å²) in [5.41, 5.74) is 0. The zero-order chi connectivity index (χ0) is 15.1. The average molecular weight is 286 g/mol. The van der Waals surface area contributed by atoms with E-state index in [2.05, 4.69) is 10.6 Å². The highest BCUT2D eigenvalue weighted by atomic mass is 19.1. The Morgan fingerprint density at radius 3 is 2.60 bits per heavy atom. The molecule has 2 N–H and O–H groups in total. The molecule has 1 unspecified atom stereocenters. The first-order valence-corrected chi connectivity index (χ1v) is 6.50. The summed E-state index contributed by atoms with van der Waals surface area (Å²) in [4.78, 5) is 11.5. The van der Waals surface area contributed by atoms with Gasteiger partial charge in [0, 0.05) is 12.6 Å². The number of rotatable bonds is 6. The van der Waals surface area contributed by atoms with Crippen LogP contribution in [0.3, 0.4) is 0 Å². The fraction of sp³-hybridized carbons (Fsp3) is 0.500. The van der Waals surface area contributed by atoms with E-state index in [9.17, 15) is 13.6 Å². The molecule has 0 saturated carbocycles. The van der Waals surface area contributed by atoms with Crippen molar-refractivity contribution in [1.29, 1.82) is 0 Å². The highest BCUT2D eigenvalue weighted by molar-refractivity contribution is 5.74. The van der Waals surface area contributed by atoms with E-state index in [1.807, 2.05) is 13.8 Å². The lowest BCUT2D eigenvalue weighted by molar-refractivity contribution is 0.223. The van der Waals surface area contributed by atoms with E-state index in [0.717, 1.165) is 12.1 Å². The van der Waals surface area contributed by atoms with Gasteiger partial charge in [0.2, 0.25) is 0 Å². The summed E-state index contributed by atoms with van der Waals surface area (Å²) in [5.74, 6) is -1.10. The second kappa shape index (κ2) is 7.67. The number of nitrogens with one attached hydrogen (secondary N) is 2. The summed E-state index contributed by atoms with van der Waals surface area (Å²) in [6.45, 7) is 6.38. The van der Waals surface area contributed by atoms with Crippen molar-refractivity contribution >= 4 is 6.03 Å². The standard InChI is InChI=1S/C14H20F2N2O2/c1-9(2)7-17-14(19)18-10(3)8-20-13-5-4-11(15)6-12(13)16/h4-6,9-10H,7-8H2,1-3H3,(H2,17,18,19). The van der Waals surface area contributed by atoms with Crippen molar-refractivity contribution in [2.45, 2.75) is 26.8 Å². The number of carbonyl (C=O) groups excluding carboxylic acids is 1. The quantitative estimate of drug-likeness (QED) is 0.844. The predicted molar refractivity (Wildman–Crippen MR) is 72.7 cm³/mol. The molecule has 0 radical (unpaired) electrons. The van der Waals surface area contributed by atoms with Crippen LogP contribution in [0.2, 0.25) is 0 Å². The summed E-state index contributed by atoms with van der Waals surface area (Å²) >= 11 is 0. The van der Waals surface area contributed by atoms with Crippen molar-refractivity contribution in [3.63, 3.8) is 0 Å². The number of benzene rings is 1. The van der Waals surface area contributed by atoms with Gasteiger partial charge < -0.3 is 15.4 Å². The van der Waals surface area contributed by atoms with Crippen LogP contribution in [0.25, 0.3) is 0 Å². The van der Waals surface area contributed by atoms with Crippen molar-refractivity contribution in [2.75, 3.05) is 13.2 Å². The molecule has 0 fully saturated rings. The number of hydrogen-bond acceptors (Lipinski definition) is 2. The van der Waals surface area contributed by atoms with E-state index in [-0.39, 0.29) is 24.4 Å². The van der Waals surface area contributed by atoms with Crippen LogP contribution < -0.4 is 15.4 Å². The average Bonchev–Trinajstić information content (AvgIpc) is 2.35. The number of hydrogen-bond donors (Lipinski definition) is 2. The fourth-order valence-corrected chi connectivity index (χ4v) is 1.42. The topological polar surface area (TPSA) is 50.4 Å². The SMILES string of the molecule is CC(C)CNC(=O)NC(C)COc1ccc(F)cc1F. The highest BCUT2D eigenvalue weighted by Crippen LogP contribution is 2.17. The highest BCUT2D eigenvalue weighted by Gasteiger charge is 2.10. The zero-order valence-corrected chi connectivity index (χ0v) is 11.9. The Morgan fingerprint density at radius 1 is 1.30 bits per heavy atom. The molecule has 2 amide bonds. The number of urea groups is 1. The van der Waals surface area contributed by atoms with E-state index in [1.165, 1.54) is 6.07 Å². The molecule has 0 saturated heterocycles. The molecule has 1 aromatic rings. The van der Waals surface area contributed by atoms with Gasteiger partial charge in [0.15, 0.2) is 11.6 Å². The third kappa shape index (κ3) is 5.86. The summed E-state index contributed by atoms with van der Waals surface area (Å²) < 4.78 is 31.2. The number of ether oxygens (including phenoxy) is 1. The maximum Gasteiger partial charge on any atom is 0.315 e. The summed E-state index contributed by atoms with van der Waals surface area (Å²) in [7, 11) is 0. The van der Waals surface area contributed by atoms with Crippen LogP contribution >= 0.6 is 0 Å². The van der Waals surface area contributed by atoms with Gasteiger partial charge >= 0.3 is 6.03 Å². The lowest BCUT2D eigenvalue weighted by Crippen LogP contribution is -2.44. The summed E-state index contributed by atoms with van der Waals surface area (Å²) in [6.07, 6.45) is 0. The molecular weight excluding hydrogens is 266 g/mol. The minimum absolute atomic E-state index is 0.0392. The number of halogens is 2. The molecule has 0 heterocycles. The molecule has 112 valence electrons. The molecule has 20 heavy (non-hydrogen) atoms. The molecule has 0 aliphatic heterocycles. The maximum atomic E-state index is 13.3. The van der Waals surface area contributed by atoms with Crippen molar-refractivity contribution in [2.24, 2.45) is 5.92 Å². The molecule has 1 rings (SSSR count). The van der Waals surface area contributed by atoms with Crippen LogP contribution in [-0.4, -0.2) is 25.2 Å². The van der Waals surface area contributed by atoms with Gasteiger partial charge in [-0.25, -0.2) is 13.6 Å². The van der Waals surface area contributed by atoms with E-state index in [4.69, 9.17) is 4.74 Å². The molecule has 4 nitrogen and oxygen atoms in total. The largest absolute Gasteiger partial charge is 0.488 e. The number of amides is 2. The van der Waals surface area contributed by atoms with Gasteiger partial charge in [-0.1, -0.05) is 13.8 Å². The monoisotopic (exact) mass is 286 g/mol. The minimum Gasteiger partial charge on any atom is -0.488 e. The Balaban J connectivity index is 2.35. The molecule has 0 aliphatic rings. The first kappa shape index (κ1) is 16.2. The molecular formula is C14H20F2N2O2. The second-order valence-electron chi connectivity index (χ2n) is 5.04. The van der Waals surface area contributed by atoms with Gasteiger partial charge in [0.1, 0.15) is 12.4 Å². The molecule has 1 aromatic carbocycles. The first-order valence-electron chi connectivity index (χ1n) is 6.50. The van der Waals surface area contributed by atoms with Crippen LogP contribution in [0.4, 0.5) is 13.6 Å². The van der Waals surface area contributed by atoms with Crippen molar-refractivity contribution in [3.05, 3.63) is 29.8 Å². The van der Waals surface area contributed by atoms with Gasteiger partial charge in [-0.2, -0.15) is 0 Å². The van der Waals surface area contributed by atoms with Crippen molar-refractivity contribution in [3.8, 4) is 5.75 Å². The lowest BCUT2D eigenvalue weighted by Gasteiger charge is -2.16. The van der Waals surface area contributed by atoms with Crippen LogP contribution in [0.15, 0.2) is 18.2 Å². The lowest BCUT2D eigenvalue weighted by atomic mass is 10.2. The normalized spacial score (nSPS) is 12.1. The Kier molecular flexibility index (Phi) is 6.21. The Labute approximate surface area is 117 Å². The van der Waals surface area contributed by atoms with Crippen LogP contribution in [0.1, 0.15) is 20.8 Å². The summed E-state index contributed by atoms with van der Waals surface area (Å²) in [5, 5.41) is 5.37. The van der Waals surface area contributed by atoms with Gasteiger partial charge in [-0.05, 0) is 25.0 Å². The summed E-state index contributed by atoms with van der Waals surface area (Å²) in [6, 6.07) is 2.49. The Morgan fingerprint density at radius 2 is 2.00 bits per heavy atom. The fourth-order valence-electron chi connectivity index (χ4n) is 1.42. The van der Waals surface area contributed by atoms with Gasteiger partial charge in [0.05, 0.1) is 6.04 Å². The van der Waals surface area contributed by atoms with Gasteiger partial charge in [-0.3, -0.25) is 0 Å². The van der Waals surface area contributed by atoms with Gasteiger partial charge in [0.25, 0.3) is 0 Å². The number of carbonyl (C=O) groups is 1. The minimum atomic E-state index is -0.763. The first-order chi connectivity index (χ1) is 9.38. The van der Waals surface area contributed by atoms with Crippen LogP contribution in [0.5, 0.6) is 5.75 Å².